The van der Waals surface area contributed by atoms with Crippen molar-refractivity contribution >= 4 is 16.7 Å². The minimum absolute atomic E-state index is 0. The van der Waals surface area contributed by atoms with Crippen molar-refractivity contribution in [3.05, 3.63) is 48.0 Å². The maximum atomic E-state index is 11.2. The first-order valence-corrected chi connectivity index (χ1v) is 4.29. The van der Waals surface area contributed by atoms with Crippen LogP contribution in [-0.4, -0.2) is 13.1 Å². The molecule has 2 aromatic rings. The average Bonchev–Trinajstić information content (AvgIpc) is 2.27. The van der Waals surface area contributed by atoms with Gasteiger partial charge in [0.05, 0.1) is 7.11 Å². The topological polar surface area (TPSA) is 26.3 Å². The Bertz CT molecular complexity index is 480. The van der Waals surface area contributed by atoms with E-state index in [9.17, 15) is 4.79 Å². The van der Waals surface area contributed by atoms with Gasteiger partial charge >= 0.3 is 35.5 Å². The summed E-state index contributed by atoms with van der Waals surface area (Å²) in [5.41, 5.74) is 0.569. The van der Waals surface area contributed by atoms with Gasteiger partial charge in [-0.1, -0.05) is 18.2 Å². The molecule has 0 N–H and O–H groups in total. The van der Waals surface area contributed by atoms with Crippen molar-refractivity contribution in [3.63, 3.8) is 0 Å². The van der Waals surface area contributed by atoms with Crippen LogP contribution >= 0.6 is 0 Å². The van der Waals surface area contributed by atoms with Crippen LogP contribution in [0, 0.1) is 6.07 Å². The van der Waals surface area contributed by atoms with Gasteiger partial charge in [-0.25, -0.2) is 4.79 Å². The molecule has 0 heterocycles. The predicted octanol–water partition coefficient (Wildman–Crippen LogP) is -0.569. The summed E-state index contributed by atoms with van der Waals surface area (Å²) >= 11 is 0. The molecule has 0 fully saturated rings. The monoisotopic (exact) mass is 208 g/mol. The predicted molar refractivity (Wildman–Crippen MR) is 54.1 cm³/mol. The quantitative estimate of drug-likeness (QED) is 0.356. The standard InChI is InChI=1S/C12H9O2.Na/c1-14-12(13)11-7-6-9-4-2-3-5-10(9)8-11;/h2,4-8H,1H3;/q-1;+1. The van der Waals surface area contributed by atoms with Crippen LogP contribution in [-0.2, 0) is 4.74 Å². The number of esters is 1. The molecule has 0 amide bonds. The Morgan fingerprint density at radius 3 is 2.80 bits per heavy atom. The zero-order valence-corrected chi connectivity index (χ0v) is 10.8. The maximum absolute atomic E-state index is 11.2. The number of hydrogen-bond donors (Lipinski definition) is 0. The summed E-state index contributed by atoms with van der Waals surface area (Å²) in [4.78, 5) is 11.2. The van der Waals surface area contributed by atoms with Crippen LogP contribution in [0.2, 0.25) is 0 Å². The normalized spacial score (nSPS) is 9.40. The molecule has 0 bridgehead atoms. The largest absolute Gasteiger partial charge is 1.00 e. The SMILES string of the molecule is COC(=O)c1ccc2cc[c-]cc2c1.[Na+]. The summed E-state index contributed by atoms with van der Waals surface area (Å²) in [6, 6.07) is 14.1. The van der Waals surface area contributed by atoms with Crippen LogP contribution in [0.5, 0.6) is 0 Å². The smallest absolute Gasteiger partial charge is 0.465 e. The van der Waals surface area contributed by atoms with E-state index in [4.69, 9.17) is 0 Å². The van der Waals surface area contributed by atoms with Crippen LogP contribution in [0.1, 0.15) is 10.4 Å². The fourth-order valence-corrected chi connectivity index (χ4v) is 1.37. The van der Waals surface area contributed by atoms with E-state index in [0.29, 0.717) is 5.56 Å². The first-order valence-electron chi connectivity index (χ1n) is 4.29. The number of fused-ring (bicyclic) bond motifs is 1. The Labute approximate surface area is 111 Å². The molecule has 0 saturated carbocycles. The number of rotatable bonds is 1. The van der Waals surface area contributed by atoms with Gasteiger partial charge < -0.3 is 4.74 Å². The molecule has 0 radical (unpaired) electrons. The number of carbonyl (C=O) groups is 1. The minimum Gasteiger partial charge on any atom is -0.465 e. The van der Waals surface area contributed by atoms with Crippen LogP contribution in [0.25, 0.3) is 10.8 Å². The van der Waals surface area contributed by atoms with Crippen molar-refractivity contribution in [2.24, 2.45) is 0 Å². The molecule has 0 aliphatic rings. The molecule has 2 rings (SSSR count). The first-order chi connectivity index (χ1) is 6.81. The summed E-state index contributed by atoms with van der Waals surface area (Å²) in [6.45, 7) is 0. The first kappa shape index (κ1) is 12.2. The van der Waals surface area contributed by atoms with Crippen LogP contribution in [0.4, 0.5) is 0 Å². The zero-order chi connectivity index (χ0) is 9.97. The van der Waals surface area contributed by atoms with E-state index in [1.807, 2.05) is 24.3 Å². The molecule has 0 atom stereocenters. The molecule has 3 heteroatoms. The minimum atomic E-state index is -0.309. The van der Waals surface area contributed by atoms with Crippen molar-refractivity contribution in [2.75, 3.05) is 7.11 Å². The van der Waals surface area contributed by atoms with Gasteiger partial charge in [0.1, 0.15) is 0 Å². The summed E-state index contributed by atoms with van der Waals surface area (Å²) in [5.74, 6) is -0.309. The molecule has 0 aromatic heterocycles. The number of carbonyl (C=O) groups excluding carboxylic acids is 1. The second kappa shape index (κ2) is 5.31. The van der Waals surface area contributed by atoms with E-state index in [1.165, 1.54) is 7.11 Å². The number of hydrogen-bond acceptors (Lipinski definition) is 2. The molecule has 15 heavy (non-hydrogen) atoms. The van der Waals surface area contributed by atoms with Crippen molar-refractivity contribution in [2.45, 2.75) is 0 Å². The fourth-order valence-electron chi connectivity index (χ4n) is 1.37. The Balaban J connectivity index is 0.00000112. The Morgan fingerprint density at radius 1 is 1.27 bits per heavy atom. The summed E-state index contributed by atoms with van der Waals surface area (Å²) in [6.07, 6.45) is 0. The molecular formula is C12H9NaO2. The van der Waals surface area contributed by atoms with Crippen molar-refractivity contribution in [3.8, 4) is 0 Å². The van der Waals surface area contributed by atoms with Crippen molar-refractivity contribution in [1.82, 2.24) is 0 Å². The summed E-state index contributed by atoms with van der Waals surface area (Å²) < 4.78 is 4.64. The van der Waals surface area contributed by atoms with E-state index in [-0.39, 0.29) is 35.5 Å². The second-order valence-electron chi connectivity index (χ2n) is 2.98. The van der Waals surface area contributed by atoms with Gasteiger partial charge in [-0.15, -0.1) is 10.8 Å². The summed E-state index contributed by atoms with van der Waals surface area (Å²) in [5, 5.41) is 2.09. The third-order valence-corrected chi connectivity index (χ3v) is 2.11. The Kier molecular flexibility index (Phi) is 4.33. The molecule has 2 aromatic carbocycles. The zero-order valence-electron chi connectivity index (χ0n) is 8.78. The van der Waals surface area contributed by atoms with E-state index < -0.39 is 0 Å². The second-order valence-corrected chi connectivity index (χ2v) is 2.98. The van der Waals surface area contributed by atoms with Gasteiger partial charge in [0.2, 0.25) is 0 Å². The van der Waals surface area contributed by atoms with Crippen LogP contribution in [0.15, 0.2) is 36.4 Å². The molecular weight excluding hydrogens is 199 g/mol. The molecule has 0 spiro atoms. The molecule has 0 aliphatic heterocycles. The van der Waals surface area contributed by atoms with E-state index in [1.54, 1.807) is 12.1 Å². The number of benzene rings is 2. The summed E-state index contributed by atoms with van der Waals surface area (Å²) in [7, 11) is 1.38. The van der Waals surface area contributed by atoms with Gasteiger partial charge in [0.25, 0.3) is 0 Å². The van der Waals surface area contributed by atoms with Gasteiger partial charge in [0.15, 0.2) is 0 Å². The van der Waals surface area contributed by atoms with Crippen molar-refractivity contribution < 1.29 is 39.1 Å². The van der Waals surface area contributed by atoms with Crippen molar-refractivity contribution in [1.29, 1.82) is 0 Å². The molecule has 70 valence electrons. The van der Waals surface area contributed by atoms with E-state index in [2.05, 4.69) is 10.8 Å². The molecule has 0 saturated heterocycles. The van der Waals surface area contributed by atoms with E-state index >= 15 is 0 Å². The van der Waals surface area contributed by atoms with Crippen LogP contribution < -0.4 is 29.6 Å². The number of ether oxygens (including phenoxy) is 1. The third-order valence-electron chi connectivity index (χ3n) is 2.11. The Morgan fingerprint density at radius 2 is 2.07 bits per heavy atom. The third kappa shape index (κ3) is 2.59. The van der Waals surface area contributed by atoms with Crippen LogP contribution in [0.3, 0.4) is 0 Å². The van der Waals surface area contributed by atoms with E-state index in [0.717, 1.165) is 10.8 Å². The van der Waals surface area contributed by atoms with Gasteiger partial charge in [-0.2, -0.15) is 24.3 Å². The maximum Gasteiger partial charge on any atom is 1.00 e. The van der Waals surface area contributed by atoms with Gasteiger partial charge in [-0.05, 0) is 0 Å². The average molecular weight is 208 g/mol. The molecule has 2 nitrogen and oxygen atoms in total. The fraction of sp³-hybridized carbons (Fsp3) is 0.0833. The number of methoxy groups -OCH3 is 1. The Hall–Kier alpha value is -0.830. The molecule has 0 unspecified atom stereocenters. The van der Waals surface area contributed by atoms with Gasteiger partial charge in [0, 0.05) is 5.56 Å². The molecule has 0 aliphatic carbocycles. The van der Waals surface area contributed by atoms with Gasteiger partial charge in [-0.3, -0.25) is 0 Å².